The number of rotatable bonds is 14. The van der Waals surface area contributed by atoms with E-state index in [4.69, 9.17) is 14.6 Å². The summed E-state index contributed by atoms with van der Waals surface area (Å²) in [7, 11) is -2.91. The van der Waals surface area contributed by atoms with Crippen LogP contribution in [0.2, 0.25) is 0 Å². The predicted molar refractivity (Wildman–Crippen MR) is 143 cm³/mol. The molecule has 0 aliphatic heterocycles. The summed E-state index contributed by atoms with van der Waals surface area (Å²) in [5, 5.41) is 24.2. The number of methoxy groups -OCH3 is 1. The average molecular weight is 545 g/mol. The number of nitrogens with zero attached hydrogens (tertiary/aromatic N) is 2. The number of ether oxygens (including phenoxy) is 2. The molecule has 204 valence electrons. The predicted octanol–water partition coefficient (Wildman–Crippen LogP) is 1.55. The molecule has 0 fully saturated rings. The van der Waals surface area contributed by atoms with Crippen molar-refractivity contribution in [1.29, 1.82) is 0 Å². The smallest absolute Gasteiger partial charge is 0.268 e. The number of amides is 1. The highest BCUT2D eigenvalue weighted by Crippen LogP contribution is 2.32. The molecule has 11 nitrogen and oxygen atoms in total. The molecule has 12 heteroatoms. The molecule has 3 rings (SSSR count). The van der Waals surface area contributed by atoms with Gasteiger partial charge in [-0.3, -0.25) is 14.1 Å². The van der Waals surface area contributed by atoms with Crippen LogP contribution in [-0.2, 0) is 14.8 Å². The fourth-order valence-corrected chi connectivity index (χ4v) is 5.10. The van der Waals surface area contributed by atoms with Crippen LogP contribution in [0.1, 0.15) is 5.56 Å². The van der Waals surface area contributed by atoms with E-state index in [0.29, 0.717) is 18.9 Å². The van der Waals surface area contributed by atoms with Crippen LogP contribution in [0.25, 0.3) is 0 Å². The van der Waals surface area contributed by atoms with Crippen LogP contribution in [0, 0.1) is 6.92 Å². The fourth-order valence-electron chi connectivity index (χ4n) is 3.54. The van der Waals surface area contributed by atoms with Gasteiger partial charge < -0.3 is 30.3 Å². The number of hydrogen-bond acceptors (Lipinski definition) is 9. The number of nitrogens with one attached hydrogen (secondary N) is 2. The summed E-state index contributed by atoms with van der Waals surface area (Å²) in [6.45, 7) is 1.22. The summed E-state index contributed by atoms with van der Waals surface area (Å²) in [6.07, 6.45) is 2.18. The van der Waals surface area contributed by atoms with Gasteiger partial charge in [-0.2, -0.15) is 0 Å². The van der Waals surface area contributed by atoms with Gasteiger partial charge in [-0.1, -0.05) is 12.1 Å². The number of benzene rings is 2. The minimum Gasteiger partial charge on any atom is -0.495 e. The van der Waals surface area contributed by atoms with Crippen LogP contribution in [-0.4, -0.2) is 75.6 Å². The molecule has 1 amide bonds. The number of carbonyl (C=O) groups excluding carboxylic acids is 1. The first kappa shape index (κ1) is 28.7. The highest BCUT2D eigenvalue weighted by Gasteiger charge is 2.30. The maximum absolute atomic E-state index is 13.8. The summed E-state index contributed by atoms with van der Waals surface area (Å²) < 4.78 is 39.7. The van der Waals surface area contributed by atoms with Crippen LogP contribution < -0.4 is 24.4 Å². The summed E-state index contributed by atoms with van der Waals surface area (Å²) >= 11 is 0. The molecule has 3 aromatic rings. The maximum Gasteiger partial charge on any atom is 0.268 e. The van der Waals surface area contributed by atoms with Gasteiger partial charge in [0.1, 0.15) is 29.5 Å². The normalized spacial score (nSPS) is 11.9. The number of sulfonamides is 1. The van der Waals surface area contributed by atoms with Crippen LogP contribution in [0.5, 0.6) is 11.5 Å². The number of aliphatic hydroxyl groups is 2. The fraction of sp³-hybridized carbons (Fsp3) is 0.308. The second-order valence-corrected chi connectivity index (χ2v) is 10.1. The van der Waals surface area contributed by atoms with Gasteiger partial charge in [0.05, 0.1) is 25.5 Å². The number of hydrogen-bond donors (Lipinski definition) is 4. The zero-order valence-corrected chi connectivity index (χ0v) is 22.0. The molecule has 38 heavy (non-hydrogen) atoms. The molecule has 0 spiro atoms. The van der Waals surface area contributed by atoms with Crippen molar-refractivity contribution in [3.8, 4) is 11.5 Å². The molecule has 1 heterocycles. The van der Waals surface area contributed by atoms with Crippen molar-refractivity contribution in [3.05, 3.63) is 72.6 Å². The Bertz CT molecular complexity index is 1310. The van der Waals surface area contributed by atoms with Gasteiger partial charge in [0.15, 0.2) is 0 Å². The Labute approximate surface area is 222 Å². The Kier molecular flexibility index (Phi) is 10.3. The number of aromatic nitrogens is 1. The molecule has 0 radical (unpaired) electrons. The van der Waals surface area contributed by atoms with Crippen molar-refractivity contribution in [3.63, 3.8) is 0 Å². The number of aliphatic hydroxyl groups excluding tert-OH is 2. The number of anilines is 2. The molecule has 1 atom stereocenters. The van der Waals surface area contributed by atoms with E-state index in [1.807, 2.05) is 12.1 Å². The first-order valence-electron chi connectivity index (χ1n) is 11.8. The van der Waals surface area contributed by atoms with E-state index in [-0.39, 0.29) is 22.9 Å². The van der Waals surface area contributed by atoms with Gasteiger partial charge in [-0.15, -0.1) is 0 Å². The van der Waals surface area contributed by atoms with Gasteiger partial charge in [0.25, 0.3) is 10.0 Å². The van der Waals surface area contributed by atoms with E-state index in [0.717, 1.165) is 15.6 Å². The molecular weight excluding hydrogens is 512 g/mol. The van der Waals surface area contributed by atoms with E-state index in [1.165, 1.54) is 19.2 Å². The number of carbonyl (C=O) groups is 1. The molecule has 0 saturated carbocycles. The lowest BCUT2D eigenvalue weighted by molar-refractivity contribution is -0.120. The molecule has 4 N–H and O–H groups in total. The second-order valence-electron chi connectivity index (χ2n) is 8.32. The molecule has 0 aliphatic carbocycles. The van der Waals surface area contributed by atoms with Crippen molar-refractivity contribution in [1.82, 2.24) is 10.3 Å². The topological polar surface area (TPSA) is 150 Å². The summed E-state index contributed by atoms with van der Waals surface area (Å²) in [5.74, 6) is -0.116. The second kappa shape index (κ2) is 13.6. The summed E-state index contributed by atoms with van der Waals surface area (Å²) in [4.78, 5) is 16.6. The number of pyridine rings is 1. The lowest BCUT2D eigenvalue weighted by Crippen LogP contribution is -2.43. The van der Waals surface area contributed by atoms with Gasteiger partial charge in [-0.05, 0) is 48.9 Å². The zero-order chi connectivity index (χ0) is 27.5. The van der Waals surface area contributed by atoms with Crippen LogP contribution in [0.15, 0.2) is 71.9 Å². The SMILES string of the molecule is COc1ccccc1S(=O)(=O)N(CC(=O)NCC(O)CO)c1cc(C)cc(OCCNc2ccncc2)c1. The molecule has 2 aromatic carbocycles. The molecule has 0 bridgehead atoms. The van der Waals surface area contributed by atoms with Crippen molar-refractivity contribution in [2.75, 3.05) is 49.6 Å². The molecule has 1 aromatic heterocycles. The Morgan fingerprint density at radius 2 is 1.87 bits per heavy atom. The van der Waals surface area contributed by atoms with Gasteiger partial charge in [0.2, 0.25) is 5.91 Å². The lowest BCUT2D eigenvalue weighted by Gasteiger charge is -2.26. The van der Waals surface area contributed by atoms with E-state index < -0.39 is 35.2 Å². The van der Waals surface area contributed by atoms with Crippen LogP contribution in [0.3, 0.4) is 0 Å². The quantitative estimate of drug-likeness (QED) is 0.222. The van der Waals surface area contributed by atoms with Crippen LogP contribution >= 0.6 is 0 Å². The average Bonchev–Trinajstić information content (AvgIpc) is 2.92. The first-order chi connectivity index (χ1) is 18.2. The Balaban J connectivity index is 1.87. The zero-order valence-electron chi connectivity index (χ0n) is 21.2. The van der Waals surface area contributed by atoms with Crippen molar-refractivity contribution >= 4 is 27.3 Å². The van der Waals surface area contributed by atoms with E-state index in [1.54, 1.807) is 49.6 Å². The highest BCUT2D eigenvalue weighted by atomic mass is 32.2. The van der Waals surface area contributed by atoms with Crippen LogP contribution in [0.4, 0.5) is 11.4 Å². The Hall–Kier alpha value is -3.87. The monoisotopic (exact) mass is 544 g/mol. The molecule has 1 unspecified atom stereocenters. The van der Waals surface area contributed by atoms with Gasteiger partial charge in [-0.25, -0.2) is 8.42 Å². The van der Waals surface area contributed by atoms with Gasteiger partial charge in [0, 0.05) is 37.2 Å². The highest BCUT2D eigenvalue weighted by molar-refractivity contribution is 7.93. The van der Waals surface area contributed by atoms with Gasteiger partial charge >= 0.3 is 0 Å². The third-order valence-corrected chi connectivity index (χ3v) is 7.19. The van der Waals surface area contributed by atoms with E-state index >= 15 is 0 Å². The standard InChI is InChI=1S/C26H32N4O7S/c1-19-13-21(15-23(14-19)37-12-11-28-20-7-9-27-10-8-20)30(17-26(33)29-16-22(32)18-31)38(34,35)25-6-4-3-5-24(25)36-2/h3-10,13-15,22,31-32H,11-12,16-18H2,1-2H3,(H,27,28)(H,29,33). The lowest BCUT2D eigenvalue weighted by atomic mass is 10.2. The third-order valence-electron chi connectivity index (χ3n) is 5.37. The minimum absolute atomic E-state index is 0.115. The summed E-state index contributed by atoms with van der Waals surface area (Å²) in [6, 6.07) is 14.7. The molecule has 0 saturated heterocycles. The third kappa shape index (κ3) is 7.81. The minimum atomic E-state index is -4.27. The summed E-state index contributed by atoms with van der Waals surface area (Å²) in [5.41, 5.74) is 1.82. The molecular formula is C26H32N4O7S. The van der Waals surface area contributed by atoms with Crippen molar-refractivity contribution in [2.45, 2.75) is 17.9 Å². The maximum atomic E-state index is 13.8. The largest absolute Gasteiger partial charge is 0.495 e. The van der Waals surface area contributed by atoms with Crippen molar-refractivity contribution < 1.29 is 32.9 Å². The van der Waals surface area contributed by atoms with E-state index in [2.05, 4.69) is 15.6 Å². The number of aryl methyl sites for hydroxylation is 1. The Morgan fingerprint density at radius 3 is 2.58 bits per heavy atom. The van der Waals surface area contributed by atoms with E-state index in [9.17, 15) is 18.3 Å². The first-order valence-corrected chi connectivity index (χ1v) is 13.3. The van der Waals surface area contributed by atoms with Crippen molar-refractivity contribution in [2.24, 2.45) is 0 Å². The molecule has 0 aliphatic rings. The number of para-hydroxylation sites is 1. The Morgan fingerprint density at radius 1 is 1.13 bits per heavy atom.